The Balaban J connectivity index is 1.69. The van der Waals surface area contributed by atoms with Gasteiger partial charge in [0.15, 0.2) is 0 Å². The van der Waals surface area contributed by atoms with E-state index in [1.54, 1.807) is 0 Å². The van der Waals surface area contributed by atoms with Crippen molar-refractivity contribution in [3.8, 4) is 0 Å². The zero-order chi connectivity index (χ0) is 11.9. The smallest absolute Gasteiger partial charge is 0.224 e. The van der Waals surface area contributed by atoms with E-state index in [0.29, 0.717) is 26.2 Å². The summed E-state index contributed by atoms with van der Waals surface area (Å²) >= 11 is 0. The largest absolute Gasteiger partial charge is 0.384 e. The Labute approximate surface area is 102 Å². The number of benzene rings is 1. The Morgan fingerprint density at radius 3 is 2.94 bits per heavy atom. The highest BCUT2D eigenvalue weighted by Crippen LogP contribution is 2.05. The average Bonchev–Trinajstić information content (AvgIpc) is 2.41. The van der Waals surface area contributed by atoms with E-state index in [9.17, 15) is 4.79 Å². The molecule has 1 fully saturated rings. The first kappa shape index (κ1) is 11.9. The molecule has 0 unspecified atom stereocenters. The molecular weight excluding hydrogens is 216 g/mol. The van der Waals surface area contributed by atoms with Crippen molar-refractivity contribution in [3.63, 3.8) is 0 Å². The van der Waals surface area contributed by atoms with Crippen LogP contribution >= 0.6 is 0 Å². The molecule has 17 heavy (non-hydrogen) atoms. The summed E-state index contributed by atoms with van der Waals surface area (Å²) in [5, 5.41) is 3.18. The van der Waals surface area contributed by atoms with Crippen LogP contribution in [0.4, 0.5) is 5.69 Å². The van der Waals surface area contributed by atoms with Gasteiger partial charge in [0, 0.05) is 37.8 Å². The van der Waals surface area contributed by atoms with Gasteiger partial charge in [-0.05, 0) is 6.07 Å². The Bertz CT molecular complexity index is 348. The van der Waals surface area contributed by atoms with E-state index in [0.717, 1.165) is 18.8 Å². The fourth-order valence-electron chi connectivity index (χ4n) is 1.78. The quantitative estimate of drug-likeness (QED) is 0.848. The van der Waals surface area contributed by atoms with Gasteiger partial charge in [0.25, 0.3) is 0 Å². The van der Waals surface area contributed by atoms with Gasteiger partial charge in [-0.25, -0.2) is 0 Å². The number of nitrogens with one attached hydrogen (secondary N) is 1. The molecule has 0 spiro atoms. The number of anilines is 1. The van der Waals surface area contributed by atoms with Gasteiger partial charge in [-0.3, -0.25) is 4.79 Å². The zero-order valence-corrected chi connectivity index (χ0v) is 9.82. The first-order valence-corrected chi connectivity index (χ1v) is 5.92. The van der Waals surface area contributed by atoms with Crippen LogP contribution in [0.5, 0.6) is 0 Å². The molecule has 0 saturated carbocycles. The third-order valence-electron chi connectivity index (χ3n) is 2.73. The Morgan fingerprint density at radius 2 is 2.24 bits per heavy atom. The van der Waals surface area contributed by atoms with E-state index in [4.69, 9.17) is 4.74 Å². The van der Waals surface area contributed by atoms with E-state index < -0.39 is 0 Å². The summed E-state index contributed by atoms with van der Waals surface area (Å²) in [6, 6.07) is 10.7. The van der Waals surface area contributed by atoms with E-state index in [1.165, 1.54) is 0 Å². The number of para-hydroxylation sites is 1. The molecule has 0 aliphatic carbocycles. The second-order valence-corrected chi connectivity index (χ2v) is 3.95. The van der Waals surface area contributed by atoms with Crippen molar-refractivity contribution < 1.29 is 9.53 Å². The third-order valence-corrected chi connectivity index (χ3v) is 2.73. The molecule has 1 aliphatic rings. The molecule has 1 amide bonds. The molecular formula is C13H17N2O2. The molecule has 0 bridgehead atoms. The molecule has 4 heteroatoms. The molecule has 1 aliphatic heterocycles. The minimum Gasteiger partial charge on any atom is -0.384 e. The lowest BCUT2D eigenvalue weighted by Crippen LogP contribution is -2.41. The van der Waals surface area contributed by atoms with E-state index in [2.05, 4.69) is 11.4 Å². The molecule has 91 valence electrons. The van der Waals surface area contributed by atoms with Gasteiger partial charge < -0.3 is 15.0 Å². The van der Waals surface area contributed by atoms with Crippen LogP contribution in [0.3, 0.4) is 0 Å². The second-order valence-electron chi connectivity index (χ2n) is 3.95. The van der Waals surface area contributed by atoms with Gasteiger partial charge in [0.2, 0.25) is 5.91 Å². The van der Waals surface area contributed by atoms with Gasteiger partial charge in [0.1, 0.15) is 0 Å². The highest BCUT2D eigenvalue weighted by Gasteiger charge is 2.15. The van der Waals surface area contributed by atoms with Crippen LogP contribution in [0.2, 0.25) is 0 Å². The topological polar surface area (TPSA) is 41.6 Å². The fourth-order valence-corrected chi connectivity index (χ4v) is 1.78. The standard InChI is InChI=1S/C13H17N2O2/c16-13(15-8-10-17-11-9-15)6-7-14-12-4-2-1-3-5-12/h1-4,14H,6-11H2. The number of carbonyl (C=O) groups excluding carboxylic acids is 1. The maximum atomic E-state index is 11.8. The van der Waals surface area contributed by atoms with Crippen molar-refractivity contribution in [2.45, 2.75) is 6.42 Å². The van der Waals surface area contributed by atoms with Crippen LogP contribution in [0.15, 0.2) is 24.3 Å². The third kappa shape index (κ3) is 3.75. The molecule has 1 saturated heterocycles. The monoisotopic (exact) mass is 233 g/mol. The number of hydrogen-bond donors (Lipinski definition) is 1. The lowest BCUT2D eigenvalue weighted by molar-refractivity contribution is -0.134. The average molecular weight is 233 g/mol. The summed E-state index contributed by atoms with van der Waals surface area (Å²) in [5.41, 5.74) is 0.933. The molecule has 1 heterocycles. The highest BCUT2D eigenvalue weighted by molar-refractivity contribution is 5.76. The van der Waals surface area contributed by atoms with Crippen LogP contribution in [-0.4, -0.2) is 43.7 Å². The highest BCUT2D eigenvalue weighted by atomic mass is 16.5. The van der Waals surface area contributed by atoms with Crippen molar-refractivity contribution in [1.29, 1.82) is 0 Å². The summed E-state index contributed by atoms with van der Waals surface area (Å²) in [4.78, 5) is 13.7. The number of nitrogens with zero attached hydrogens (tertiary/aromatic N) is 1. The molecule has 4 nitrogen and oxygen atoms in total. The Hall–Kier alpha value is -1.55. The van der Waals surface area contributed by atoms with Gasteiger partial charge in [-0.1, -0.05) is 18.2 Å². The second kappa shape index (κ2) is 6.25. The van der Waals surface area contributed by atoms with Crippen molar-refractivity contribution in [3.05, 3.63) is 30.3 Å². The molecule has 0 aromatic heterocycles. The van der Waals surface area contributed by atoms with Crippen LogP contribution in [-0.2, 0) is 9.53 Å². The van der Waals surface area contributed by atoms with Crippen molar-refractivity contribution in [2.24, 2.45) is 0 Å². The summed E-state index contributed by atoms with van der Waals surface area (Å²) in [6.07, 6.45) is 0.517. The van der Waals surface area contributed by atoms with Gasteiger partial charge >= 0.3 is 0 Å². The van der Waals surface area contributed by atoms with Crippen LogP contribution in [0.25, 0.3) is 0 Å². The molecule has 1 aromatic rings. The van der Waals surface area contributed by atoms with Crippen molar-refractivity contribution in [1.82, 2.24) is 4.90 Å². The predicted octanol–water partition coefficient (Wildman–Crippen LogP) is 1.15. The Morgan fingerprint density at radius 1 is 1.41 bits per heavy atom. The summed E-state index contributed by atoms with van der Waals surface area (Å²) in [6.45, 7) is 3.40. The summed E-state index contributed by atoms with van der Waals surface area (Å²) in [7, 11) is 0. The SMILES string of the molecule is O=C(CCNc1[c]cccc1)N1CCOCC1. The zero-order valence-electron chi connectivity index (χ0n) is 9.82. The van der Waals surface area contributed by atoms with Crippen molar-refractivity contribution >= 4 is 11.6 Å². The normalized spacial score (nSPS) is 15.6. The van der Waals surface area contributed by atoms with E-state index in [-0.39, 0.29) is 5.91 Å². The molecule has 1 N–H and O–H groups in total. The van der Waals surface area contributed by atoms with E-state index >= 15 is 0 Å². The lowest BCUT2D eigenvalue weighted by Gasteiger charge is -2.26. The van der Waals surface area contributed by atoms with Crippen LogP contribution < -0.4 is 5.32 Å². The van der Waals surface area contributed by atoms with Crippen molar-refractivity contribution in [2.75, 3.05) is 38.2 Å². The molecule has 1 aromatic carbocycles. The first-order chi connectivity index (χ1) is 8.36. The molecule has 2 rings (SSSR count). The van der Waals surface area contributed by atoms with Gasteiger partial charge in [-0.15, -0.1) is 0 Å². The number of morpholine rings is 1. The minimum atomic E-state index is 0.191. The lowest BCUT2D eigenvalue weighted by atomic mass is 10.3. The number of carbonyl (C=O) groups is 1. The molecule has 0 atom stereocenters. The van der Waals surface area contributed by atoms with Crippen LogP contribution in [0.1, 0.15) is 6.42 Å². The number of amides is 1. The molecule has 1 radical (unpaired) electrons. The maximum absolute atomic E-state index is 11.8. The summed E-state index contributed by atoms with van der Waals surface area (Å²) < 4.78 is 5.21. The van der Waals surface area contributed by atoms with Gasteiger partial charge in [0.05, 0.1) is 13.2 Å². The number of rotatable bonds is 4. The number of hydrogen-bond acceptors (Lipinski definition) is 3. The van der Waals surface area contributed by atoms with E-state index in [1.807, 2.05) is 29.2 Å². The number of ether oxygens (including phenoxy) is 1. The van der Waals surface area contributed by atoms with Gasteiger partial charge in [-0.2, -0.15) is 0 Å². The predicted molar refractivity (Wildman–Crippen MR) is 65.8 cm³/mol. The Kier molecular flexibility index (Phi) is 4.38. The first-order valence-electron chi connectivity index (χ1n) is 5.92. The minimum absolute atomic E-state index is 0.191. The summed E-state index contributed by atoms with van der Waals surface area (Å²) in [5.74, 6) is 0.191. The maximum Gasteiger partial charge on any atom is 0.224 e. The van der Waals surface area contributed by atoms with Crippen LogP contribution in [0, 0.1) is 6.07 Å². The fraction of sp³-hybridized carbons (Fsp3) is 0.462.